The molecule has 3 aromatic rings. The lowest BCUT2D eigenvalue weighted by molar-refractivity contribution is -0.129. The second-order valence-corrected chi connectivity index (χ2v) is 7.21. The second-order valence-electron chi connectivity index (χ2n) is 7.21. The molecule has 3 rings (SSSR count). The van der Waals surface area contributed by atoms with E-state index in [0.29, 0.717) is 36.8 Å². The van der Waals surface area contributed by atoms with Gasteiger partial charge in [0.2, 0.25) is 5.91 Å². The van der Waals surface area contributed by atoms with E-state index < -0.39 is 17.8 Å². The average Bonchev–Trinajstić information content (AvgIpc) is 2.74. The SMILES string of the molecule is CCCOC(Cc1ccc(CCCn2c(=O)oc3ccccc3c2=O)cc1)C(N)=O. The summed E-state index contributed by atoms with van der Waals surface area (Å²) in [6.45, 7) is 2.75. The van der Waals surface area contributed by atoms with Gasteiger partial charge in [0.1, 0.15) is 11.7 Å². The van der Waals surface area contributed by atoms with Crippen LogP contribution in [-0.2, 0) is 28.9 Å². The highest BCUT2D eigenvalue weighted by Crippen LogP contribution is 2.11. The first-order valence-electron chi connectivity index (χ1n) is 10.1. The topological polar surface area (TPSA) is 105 Å². The Balaban J connectivity index is 1.61. The summed E-state index contributed by atoms with van der Waals surface area (Å²) >= 11 is 0. The molecule has 2 N–H and O–H groups in total. The largest absolute Gasteiger partial charge is 0.422 e. The number of hydrogen-bond acceptors (Lipinski definition) is 5. The molecule has 0 bridgehead atoms. The highest BCUT2D eigenvalue weighted by atomic mass is 16.5. The Morgan fingerprint density at radius 1 is 1.10 bits per heavy atom. The zero-order chi connectivity index (χ0) is 21.5. The predicted molar refractivity (Wildman–Crippen MR) is 114 cm³/mol. The Kier molecular flexibility index (Phi) is 7.19. The van der Waals surface area contributed by atoms with E-state index in [2.05, 4.69) is 0 Å². The minimum atomic E-state index is -0.640. The van der Waals surface area contributed by atoms with Gasteiger partial charge in [0.25, 0.3) is 5.56 Å². The number of nitrogens with two attached hydrogens (primary N) is 1. The van der Waals surface area contributed by atoms with Crippen molar-refractivity contribution < 1.29 is 13.9 Å². The van der Waals surface area contributed by atoms with Gasteiger partial charge >= 0.3 is 5.76 Å². The first-order chi connectivity index (χ1) is 14.5. The fourth-order valence-corrected chi connectivity index (χ4v) is 3.30. The van der Waals surface area contributed by atoms with Crippen molar-refractivity contribution in [3.8, 4) is 0 Å². The van der Waals surface area contributed by atoms with Crippen molar-refractivity contribution in [1.29, 1.82) is 0 Å². The van der Waals surface area contributed by atoms with Crippen LogP contribution in [0.25, 0.3) is 11.0 Å². The normalized spacial score (nSPS) is 12.2. The number of rotatable bonds is 10. The van der Waals surface area contributed by atoms with Gasteiger partial charge in [-0.1, -0.05) is 43.3 Å². The van der Waals surface area contributed by atoms with E-state index in [-0.39, 0.29) is 12.1 Å². The molecule has 0 fully saturated rings. The van der Waals surface area contributed by atoms with Crippen LogP contribution in [0, 0.1) is 0 Å². The number of amides is 1. The molecule has 0 saturated heterocycles. The molecular weight excluding hydrogens is 384 g/mol. The monoisotopic (exact) mass is 410 g/mol. The summed E-state index contributed by atoms with van der Waals surface area (Å²) in [5, 5.41) is 0.399. The molecule has 7 nitrogen and oxygen atoms in total. The van der Waals surface area contributed by atoms with Crippen LogP contribution in [0.4, 0.5) is 0 Å². The number of aromatic nitrogens is 1. The molecule has 1 amide bonds. The van der Waals surface area contributed by atoms with E-state index in [1.807, 2.05) is 31.2 Å². The molecular formula is C23H26N2O5. The molecule has 0 aliphatic carbocycles. The Hall–Kier alpha value is -3.19. The average molecular weight is 410 g/mol. The van der Waals surface area contributed by atoms with E-state index in [1.54, 1.807) is 24.3 Å². The summed E-state index contributed by atoms with van der Waals surface area (Å²) in [6.07, 6.45) is 1.94. The number of para-hydroxylation sites is 1. The molecule has 1 atom stereocenters. The minimum Gasteiger partial charge on any atom is -0.409 e. The fourth-order valence-electron chi connectivity index (χ4n) is 3.30. The van der Waals surface area contributed by atoms with Crippen molar-refractivity contribution in [3.63, 3.8) is 0 Å². The Labute approximate surface area is 174 Å². The van der Waals surface area contributed by atoms with Crippen molar-refractivity contribution in [2.24, 2.45) is 5.73 Å². The zero-order valence-corrected chi connectivity index (χ0v) is 17.0. The van der Waals surface area contributed by atoms with E-state index in [9.17, 15) is 14.4 Å². The number of carbonyl (C=O) groups excluding carboxylic acids is 1. The smallest absolute Gasteiger partial charge is 0.409 e. The third-order valence-corrected chi connectivity index (χ3v) is 4.91. The lowest BCUT2D eigenvalue weighted by Gasteiger charge is -2.14. The summed E-state index contributed by atoms with van der Waals surface area (Å²) in [5.41, 5.74) is 7.42. The number of hydrogen-bond donors (Lipinski definition) is 1. The maximum Gasteiger partial charge on any atom is 0.422 e. The molecule has 158 valence electrons. The van der Waals surface area contributed by atoms with Crippen molar-refractivity contribution in [1.82, 2.24) is 4.57 Å². The zero-order valence-electron chi connectivity index (χ0n) is 17.0. The van der Waals surface area contributed by atoms with Gasteiger partial charge in [-0.05, 0) is 42.5 Å². The Bertz CT molecular complexity index is 1110. The van der Waals surface area contributed by atoms with E-state index in [4.69, 9.17) is 14.9 Å². The Morgan fingerprint density at radius 2 is 1.80 bits per heavy atom. The predicted octanol–water partition coefficient (Wildman–Crippen LogP) is 2.41. The summed E-state index contributed by atoms with van der Waals surface area (Å²) in [6, 6.07) is 14.6. The molecule has 0 spiro atoms. The highest BCUT2D eigenvalue weighted by molar-refractivity contribution is 5.79. The summed E-state index contributed by atoms with van der Waals surface area (Å²) in [4.78, 5) is 36.2. The maximum atomic E-state index is 12.5. The third kappa shape index (κ3) is 5.24. The van der Waals surface area contributed by atoms with Gasteiger partial charge in [-0.25, -0.2) is 9.36 Å². The van der Waals surface area contributed by atoms with Crippen LogP contribution in [0.15, 0.2) is 62.5 Å². The summed E-state index contributed by atoms with van der Waals surface area (Å²) in [5.74, 6) is -1.11. The molecule has 1 unspecified atom stereocenters. The molecule has 2 aromatic carbocycles. The van der Waals surface area contributed by atoms with Crippen LogP contribution >= 0.6 is 0 Å². The van der Waals surface area contributed by atoms with E-state index >= 15 is 0 Å². The number of fused-ring (bicyclic) bond motifs is 1. The van der Waals surface area contributed by atoms with Crippen molar-refractivity contribution in [2.45, 2.75) is 45.3 Å². The number of nitrogens with zero attached hydrogens (tertiary/aromatic N) is 1. The fraction of sp³-hybridized carbons (Fsp3) is 0.348. The first kappa shape index (κ1) is 21.5. The van der Waals surface area contributed by atoms with E-state index in [0.717, 1.165) is 22.1 Å². The molecule has 1 aromatic heterocycles. The quantitative estimate of drug-likeness (QED) is 0.553. The molecule has 0 saturated carbocycles. The lowest BCUT2D eigenvalue weighted by Crippen LogP contribution is -2.33. The van der Waals surface area contributed by atoms with Crippen LogP contribution in [0.5, 0.6) is 0 Å². The van der Waals surface area contributed by atoms with Crippen LogP contribution in [0.1, 0.15) is 30.9 Å². The van der Waals surface area contributed by atoms with Gasteiger partial charge in [-0.2, -0.15) is 0 Å². The van der Waals surface area contributed by atoms with Crippen LogP contribution in [0.3, 0.4) is 0 Å². The minimum absolute atomic E-state index is 0.280. The van der Waals surface area contributed by atoms with Gasteiger partial charge < -0.3 is 14.9 Å². The number of ether oxygens (including phenoxy) is 1. The number of aryl methyl sites for hydroxylation is 1. The van der Waals surface area contributed by atoms with Gasteiger partial charge in [-0.3, -0.25) is 9.59 Å². The second kappa shape index (κ2) is 10.0. The van der Waals surface area contributed by atoms with Crippen molar-refractivity contribution in [2.75, 3.05) is 6.61 Å². The molecule has 7 heteroatoms. The molecule has 0 aliphatic rings. The van der Waals surface area contributed by atoms with Crippen molar-refractivity contribution in [3.05, 3.63) is 80.6 Å². The molecule has 0 aliphatic heterocycles. The van der Waals surface area contributed by atoms with Gasteiger partial charge in [0, 0.05) is 19.6 Å². The summed E-state index contributed by atoms with van der Waals surface area (Å²) < 4.78 is 11.9. The lowest BCUT2D eigenvalue weighted by atomic mass is 10.0. The van der Waals surface area contributed by atoms with Crippen molar-refractivity contribution >= 4 is 16.9 Å². The van der Waals surface area contributed by atoms with E-state index in [1.165, 1.54) is 0 Å². The molecule has 1 heterocycles. The molecule has 30 heavy (non-hydrogen) atoms. The number of primary amides is 1. The first-order valence-corrected chi connectivity index (χ1v) is 10.1. The van der Waals surface area contributed by atoms with Crippen LogP contribution < -0.4 is 17.0 Å². The number of benzene rings is 2. The number of carbonyl (C=O) groups is 1. The van der Waals surface area contributed by atoms with Gasteiger partial charge in [0.15, 0.2) is 0 Å². The molecule has 0 radical (unpaired) electrons. The van der Waals surface area contributed by atoms with Gasteiger partial charge in [0.05, 0.1) is 5.39 Å². The highest BCUT2D eigenvalue weighted by Gasteiger charge is 2.16. The third-order valence-electron chi connectivity index (χ3n) is 4.91. The van der Waals surface area contributed by atoms with Crippen LogP contribution in [0.2, 0.25) is 0 Å². The maximum absolute atomic E-state index is 12.5. The van der Waals surface area contributed by atoms with Gasteiger partial charge in [-0.15, -0.1) is 0 Å². The Morgan fingerprint density at radius 3 is 2.50 bits per heavy atom. The van der Waals surface area contributed by atoms with Crippen LogP contribution in [-0.4, -0.2) is 23.2 Å². The summed E-state index contributed by atoms with van der Waals surface area (Å²) in [7, 11) is 0. The standard InChI is InChI=1S/C23H26N2O5/c1-2-14-29-20(21(24)26)15-17-11-9-16(10-12-17)6-5-13-25-22(27)18-7-3-4-8-19(18)30-23(25)28/h3-4,7-12,20H,2,5-6,13-15H2,1H3,(H2,24,26).